The lowest BCUT2D eigenvalue weighted by Crippen LogP contribution is -2.07. The minimum atomic E-state index is -0.510. The Bertz CT molecular complexity index is 826. The zero-order valence-corrected chi connectivity index (χ0v) is 12.2. The van der Waals surface area contributed by atoms with E-state index in [0.717, 1.165) is 16.3 Å². The van der Waals surface area contributed by atoms with Crippen LogP contribution in [0.4, 0.5) is 0 Å². The van der Waals surface area contributed by atoms with E-state index in [2.05, 4.69) is 31.3 Å². The molecular weight excluding hydrogens is 340 g/mol. The highest BCUT2D eigenvalue weighted by Gasteiger charge is 2.08. The molecule has 0 spiro atoms. The molecule has 3 rings (SSSR count). The second-order valence-electron chi connectivity index (χ2n) is 4.25. The average molecular weight is 349 g/mol. The van der Waals surface area contributed by atoms with Gasteiger partial charge in [0, 0.05) is 16.1 Å². The van der Waals surface area contributed by atoms with Gasteiger partial charge in [-0.25, -0.2) is 0 Å². The van der Waals surface area contributed by atoms with Crippen LogP contribution in [-0.2, 0) is 6.54 Å². The Morgan fingerprint density at radius 2 is 2.05 bits per heavy atom. The first kappa shape index (κ1) is 13.5. The predicted octanol–water partition coefficient (Wildman–Crippen LogP) is 1.81. The Morgan fingerprint density at radius 1 is 1.29 bits per heavy atom. The number of halogens is 1. The van der Waals surface area contributed by atoms with Gasteiger partial charge in [-0.15, -0.1) is 10.2 Å². The lowest BCUT2D eigenvalue weighted by atomic mass is 10.2. The van der Waals surface area contributed by atoms with Crippen LogP contribution < -0.4 is 5.43 Å². The van der Waals surface area contributed by atoms with Crippen molar-refractivity contribution < 1.29 is 9.52 Å². The van der Waals surface area contributed by atoms with Crippen LogP contribution >= 0.6 is 15.9 Å². The fourth-order valence-electron chi connectivity index (χ4n) is 1.69. The highest BCUT2D eigenvalue weighted by Crippen LogP contribution is 2.17. The van der Waals surface area contributed by atoms with Gasteiger partial charge in [0.1, 0.15) is 18.6 Å². The topological polar surface area (TPSA) is 94.0 Å². The van der Waals surface area contributed by atoms with E-state index in [9.17, 15) is 4.79 Å². The van der Waals surface area contributed by atoms with Gasteiger partial charge in [-0.3, -0.25) is 4.79 Å². The normalized spacial score (nSPS) is 10.7. The third-order valence-corrected chi connectivity index (χ3v) is 3.25. The molecule has 21 heavy (non-hydrogen) atoms. The van der Waals surface area contributed by atoms with Crippen molar-refractivity contribution in [1.29, 1.82) is 0 Å². The lowest BCUT2D eigenvalue weighted by Gasteiger charge is -1.98. The van der Waals surface area contributed by atoms with Gasteiger partial charge < -0.3 is 9.52 Å². The zero-order valence-electron chi connectivity index (χ0n) is 10.6. The van der Waals surface area contributed by atoms with Gasteiger partial charge >= 0.3 is 0 Å². The summed E-state index contributed by atoms with van der Waals surface area (Å²) < 4.78 is 6.05. The van der Waals surface area contributed by atoms with Gasteiger partial charge in [-0.05, 0) is 29.5 Å². The van der Waals surface area contributed by atoms with Gasteiger partial charge in [0.25, 0.3) is 0 Å². The van der Waals surface area contributed by atoms with Crippen LogP contribution in [0.2, 0.25) is 0 Å². The molecule has 0 radical (unpaired) electrons. The van der Waals surface area contributed by atoms with Crippen LogP contribution in [0.25, 0.3) is 11.4 Å². The van der Waals surface area contributed by atoms with E-state index in [0.29, 0.717) is 11.6 Å². The maximum Gasteiger partial charge on any atom is 0.226 e. The van der Waals surface area contributed by atoms with Crippen molar-refractivity contribution in [2.75, 3.05) is 0 Å². The molecule has 0 bridgehead atoms. The summed E-state index contributed by atoms with van der Waals surface area (Å²) in [6.45, 7) is 0.152. The van der Waals surface area contributed by atoms with Crippen LogP contribution in [0.5, 0.6) is 5.75 Å². The molecule has 0 unspecified atom stereocenters. The summed E-state index contributed by atoms with van der Waals surface area (Å²) in [6.07, 6.45) is 0.990. The van der Waals surface area contributed by atoms with Crippen LogP contribution in [0, 0.1) is 0 Å². The number of aromatic nitrogens is 4. The Kier molecular flexibility index (Phi) is 3.53. The first-order chi connectivity index (χ1) is 10.1. The standard InChI is InChI=1S/C13H9BrN4O3/c14-9-3-1-8(2-4-9)13-15-17-18(16-13)6-10-5-11(19)12(20)7-21-10/h1-5,7,20H,6H2. The number of aromatic hydroxyl groups is 1. The van der Waals surface area contributed by atoms with Gasteiger partial charge in [-0.2, -0.15) is 4.80 Å². The van der Waals surface area contributed by atoms with E-state index < -0.39 is 11.2 Å². The summed E-state index contributed by atoms with van der Waals surface area (Å²) in [6, 6.07) is 8.69. The molecule has 0 amide bonds. The quantitative estimate of drug-likeness (QED) is 0.775. The van der Waals surface area contributed by atoms with Crippen LogP contribution in [-0.4, -0.2) is 25.3 Å². The Morgan fingerprint density at radius 3 is 2.76 bits per heavy atom. The number of benzene rings is 1. The number of nitrogens with zero attached hydrogens (tertiary/aromatic N) is 4. The van der Waals surface area contributed by atoms with Gasteiger partial charge in [-0.1, -0.05) is 15.9 Å². The molecule has 0 aliphatic carbocycles. The van der Waals surface area contributed by atoms with Gasteiger partial charge in [0.05, 0.1) is 0 Å². The molecule has 0 aliphatic heterocycles. The molecule has 2 aromatic heterocycles. The van der Waals surface area contributed by atoms with E-state index in [1.807, 2.05) is 24.3 Å². The molecular formula is C13H9BrN4O3. The van der Waals surface area contributed by atoms with E-state index in [4.69, 9.17) is 9.52 Å². The first-order valence-corrected chi connectivity index (χ1v) is 6.75. The Balaban J connectivity index is 1.83. The molecule has 1 aromatic carbocycles. The molecule has 0 atom stereocenters. The number of hydrogen-bond acceptors (Lipinski definition) is 6. The van der Waals surface area contributed by atoms with Crippen molar-refractivity contribution in [3.05, 3.63) is 57.1 Å². The highest BCUT2D eigenvalue weighted by molar-refractivity contribution is 9.10. The maximum atomic E-state index is 11.3. The predicted molar refractivity (Wildman–Crippen MR) is 76.7 cm³/mol. The third-order valence-electron chi connectivity index (χ3n) is 2.72. The first-order valence-electron chi connectivity index (χ1n) is 5.96. The minimum absolute atomic E-state index is 0.152. The van der Waals surface area contributed by atoms with Crippen LogP contribution in [0.15, 0.2) is 50.3 Å². The molecule has 2 heterocycles. The zero-order chi connectivity index (χ0) is 14.8. The minimum Gasteiger partial charge on any atom is -0.502 e. The van der Waals surface area contributed by atoms with Crippen LogP contribution in [0.1, 0.15) is 5.76 Å². The van der Waals surface area contributed by atoms with Crippen LogP contribution in [0.3, 0.4) is 0 Å². The second-order valence-corrected chi connectivity index (χ2v) is 5.16. The SMILES string of the molecule is O=c1cc(Cn2nnc(-c3ccc(Br)cc3)n2)occ1O. The largest absolute Gasteiger partial charge is 0.502 e. The summed E-state index contributed by atoms with van der Waals surface area (Å²) in [5, 5.41) is 21.2. The van der Waals surface area contributed by atoms with Crippen molar-refractivity contribution in [3.8, 4) is 17.1 Å². The number of tetrazole rings is 1. The molecule has 8 heteroatoms. The Hall–Kier alpha value is -2.48. The number of rotatable bonds is 3. The highest BCUT2D eigenvalue weighted by atomic mass is 79.9. The summed E-state index contributed by atoms with van der Waals surface area (Å²) in [4.78, 5) is 12.6. The monoisotopic (exact) mass is 348 g/mol. The number of hydrogen-bond donors (Lipinski definition) is 1. The molecule has 106 valence electrons. The average Bonchev–Trinajstić information content (AvgIpc) is 2.92. The second kappa shape index (κ2) is 5.49. The molecule has 0 saturated carbocycles. The van der Waals surface area contributed by atoms with E-state index >= 15 is 0 Å². The van der Waals surface area contributed by atoms with Gasteiger partial charge in [0.15, 0.2) is 5.75 Å². The molecule has 1 N–H and O–H groups in total. The molecule has 0 saturated heterocycles. The molecule has 7 nitrogen and oxygen atoms in total. The van der Waals surface area contributed by atoms with Crippen molar-refractivity contribution >= 4 is 15.9 Å². The van der Waals surface area contributed by atoms with Crippen molar-refractivity contribution in [3.63, 3.8) is 0 Å². The van der Waals surface area contributed by atoms with Crippen molar-refractivity contribution in [1.82, 2.24) is 20.2 Å². The molecule has 3 aromatic rings. The van der Waals surface area contributed by atoms with E-state index in [1.54, 1.807) is 0 Å². The van der Waals surface area contributed by atoms with Gasteiger partial charge in [0.2, 0.25) is 11.3 Å². The summed E-state index contributed by atoms with van der Waals surface area (Å²) in [5.74, 6) is 0.377. The third kappa shape index (κ3) is 3.00. The summed E-state index contributed by atoms with van der Waals surface area (Å²) in [5.41, 5.74) is 0.320. The smallest absolute Gasteiger partial charge is 0.226 e. The maximum absolute atomic E-state index is 11.3. The summed E-state index contributed by atoms with van der Waals surface area (Å²) in [7, 11) is 0. The van der Waals surface area contributed by atoms with E-state index in [1.165, 1.54) is 10.9 Å². The van der Waals surface area contributed by atoms with E-state index in [-0.39, 0.29) is 6.54 Å². The molecule has 0 fully saturated rings. The van der Waals surface area contributed by atoms with Crippen molar-refractivity contribution in [2.24, 2.45) is 0 Å². The fourth-order valence-corrected chi connectivity index (χ4v) is 1.96. The summed E-state index contributed by atoms with van der Waals surface area (Å²) >= 11 is 3.36. The lowest BCUT2D eigenvalue weighted by molar-refractivity contribution is 0.396. The molecule has 0 aliphatic rings. The fraction of sp³-hybridized carbons (Fsp3) is 0.0769. The van der Waals surface area contributed by atoms with Crippen molar-refractivity contribution in [2.45, 2.75) is 6.54 Å². The Labute approximate surface area is 127 Å².